The summed E-state index contributed by atoms with van der Waals surface area (Å²) in [5, 5.41) is 0. The Labute approximate surface area is 305 Å². The lowest BCUT2D eigenvalue weighted by Crippen LogP contribution is -2.42. The summed E-state index contributed by atoms with van der Waals surface area (Å²) in [6.07, 6.45) is 5.48. The van der Waals surface area contributed by atoms with Gasteiger partial charge < -0.3 is 31.5 Å². The molecule has 0 aliphatic carbocycles. The molecule has 0 spiro atoms. The van der Waals surface area contributed by atoms with Gasteiger partial charge in [0.15, 0.2) is 0 Å². The van der Waals surface area contributed by atoms with Crippen molar-refractivity contribution in [2.24, 2.45) is 0 Å². The molecule has 0 radical (unpaired) electrons. The van der Waals surface area contributed by atoms with Crippen LogP contribution in [0.2, 0.25) is 12.1 Å². The van der Waals surface area contributed by atoms with E-state index in [9.17, 15) is 0 Å². The molecule has 0 aliphatic heterocycles. The maximum absolute atomic E-state index is 5.62. The third-order valence-electron chi connectivity index (χ3n) is 9.43. The van der Waals surface area contributed by atoms with E-state index in [0.29, 0.717) is 0 Å². The normalized spacial score (nSPS) is 11.9. The first-order chi connectivity index (χ1) is 24.9. The minimum atomic E-state index is -2.60. The van der Waals surface area contributed by atoms with E-state index in [1.165, 1.54) is 11.1 Å². The van der Waals surface area contributed by atoms with Gasteiger partial charge in [-0.05, 0) is 103 Å². The topological polar surface area (TPSA) is 71.5 Å². The highest BCUT2D eigenvalue weighted by Gasteiger charge is 2.37. The molecule has 0 saturated carbocycles. The Bertz CT molecular complexity index is 1680. The molecule has 0 saturated heterocycles. The van der Waals surface area contributed by atoms with E-state index < -0.39 is 17.6 Å². The molecule has 0 amide bonds. The van der Waals surface area contributed by atoms with Crippen molar-refractivity contribution in [3.8, 4) is 22.4 Å². The van der Waals surface area contributed by atoms with Gasteiger partial charge in [-0.3, -0.25) is 4.98 Å². The summed E-state index contributed by atoms with van der Waals surface area (Å²) in [7, 11) is 4.79. The van der Waals surface area contributed by atoms with E-state index in [1.54, 1.807) is 42.7 Å². The summed E-state index contributed by atoms with van der Waals surface area (Å²) in [5.74, 6) is 0. The molecule has 1 aromatic heterocycles. The second-order valence-corrected chi connectivity index (χ2v) is 18.5. The van der Waals surface area contributed by atoms with Crippen LogP contribution in [0.15, 0.2) is 121 Å². The standard InChI is InChI=1S/C41H50N2O6Si2/c1-44-50(45-2,46-3)30-10-12-33-17-23-38(24-18-33)43(39-25-19-34(20-26-39)13-11-31-51(47-4,48-5)49-6)40-27-21-35(22-28-40)36-14-9-15-37(32-36)41-16-7-8-29-42-41/h7-9,14-29,32H,10-13,30-31H2,1-6H3. The average Bonchev–Trinajstić information content (AvgIpc) is 3.20. The minimum absolute atomic E-state index is 0.763. The predicted molar refractivity (Wildman–Crippen MR) is 210 cm³/mol. The second-order valence-electron chi connectivity index (χ2n) is 12.3. The van der Waals surface area contributed by atoms with E-state index in [4.69, 9.17) is 26.6 Å². The van der Waals surface area contributed by atoms with Gasteiger partial charge in [-0.1, -0.05) is 60.7 Å². The number of anilines is 3. The van der Waals surface area contributed by atoms with Gasteiger partial charge in [-0.2, -0.15) is 0 Å². The van der Waals surface area contributed by atoms with Gasteiger partial charge in [-0.15, -0.1) is 0 Å². The van der Waals surface area contributed by atoms with Gasteiger partial charge in [-0.25, -0.2) is 0 Å². The maximum atomic E-state index is 5.62. The van der Waals surface area contributed by atoms with Gasteiger partial charge in [0, 0.05) is 83.6 Å². The third-order valence-corrected chi connectivity index (χ3v) is 15.1. The van der Waals surface area contributed by atoms with Crippen LogP contribution in [0.3, 0.4) is 0 Å². The van der Waals surface area contributed by atoms with E-state index in [0.717, 1.165) is 77.2 Å². The van der Waals surface area contributed by atoms with Crippen molar-refractivity contribution in [2.45, 2.75) is 37.8 Å². The van der Waals surface area contributed by atoms with Crippen LogP contribution < -0.4 is 4.90 Å². The fourth-order valence-corrected chi connectivity index (χ4v) is 9.84. The SMILES string of the molecule is CO[Si](CCCc1ccc(N(c2ccc(CCC[Si](OC)(OC)OC)cc2)c2ccc(-c3cccc(-c4ccccn4)c3)cc2)cc1)(OC)OC. The number of pyridine rings is 1. The third kappa shape index (κ3) is 9.67. The molecule has 1 heterocycles. The Morgan fingerprint density at radius 2 is 0.922 bits per heavy atom. The lowest BCUT2D eigenvalue weighted by Gasteiger charge is -2.26. The number of rotatable bonds is 19. The smallest absolute Gasteiger partial charge is 0.377 e. The lowest BCUT2D eigenvalue weighted by atomic mass is 10.0. The zero-order chi connectivity index (χ0) is 36.1. The lowest BCUT2D eigenvalue weighted by molar-refractivity contribution is 0.122. The molecule has 268 valence electrons. The molecule has 0 bridgehead atoms. The quantitative estimate of drug-likeness (QED) is 0.0781. The monoisotopic (exact) mass is 722 g/mol. The van der Waals surface area contributed by atoms with E-state index >= 15 is 0 Å². The van der Waals surface area contributed by atoms with Gasteiger partial charge in [0.1, 0.15) is 0 Å². The number of benzene rings is 4. The fraction of sp³-hybridized carbons (Fsp3) is 0.293. The summed E-state index contributed by atoms with van der Waals surface area (Å²) in [6.45, 7) is 0. The molecular weight excluding hydrogens is 673 g/mol. The minimum Gasteiger partial charge on any atom is -0.377 e. The summed E-state index contributed by atoms with van der Waals surface area (Å²) >= 11 is 0. The number of aryl methyl sites for hydroxylation is 2. The van der Waals surface area contributed by atoms with Crippen LogP contribution in [-0.2, 0) is 39.4 Å². The van der Waals surface area contributed by atoms with Crippen LogP contribution in [0.1, 0.15) is 24.0 Å². The van der Waals surface area contributed by atoms with E-state index in [-0.39, 0.29) is 0 Å². The van der Waals surface area contributed by atoms with Crippen LogP contribution in [0, 0.1) is 0 Å². The summed E-state index contributed by atoms with van der Waals surface area (Å²) < 4.78 is 33.7. The van der Waals surface area contributed by atoms with E-state index in [1.807, 2.05) is 24.4 Å². The van der Waals surface area contributed by atoms with Crippen molar-refractivity contribution in [2.75, 3.05) is 47.6 Å². The molecule has 0 aliphatic rings. The van der Waals surface area contributed by atoms with Crippen molar-refractivity contribution < 1.29 is 26.6 Å². The highest BCUT2D eigenvalue weighted by molar-refractivity contribution is 6.60. The van der Waals surface area contributed by atoms with E-state index in [2.05, 4.69) is 107 Å². The number of nitrogens with zero attached hydrogens (tertiary/aromatic N) is 2. The summed E-state index contributed by atoms with van der Waals surface area (Å²) in [4.78, 5) is 6.85. The van der Waals surface area contributed by atoms with Crippen LogP contribution >= 0.6 is 0 Å². The second kappa shape index (κ2) is 18.5. The Morgan fingerprint density at radius 3 is 1.35 bits per heavy atom. The number of hydrogen-bond donors (Lipinski definition) is 0. The summed E-state index contributed by atoms with van der Waals surface area (Å²) in [6, 6.07) is 42.5. The molecule has 0 N–H and O–H groups in total. The van der Waals surface area contributed by atoms with Crippen molar-refractivity contribution in [1.29, 1.82) is 0 Å². The molecule has 5 aromatic rings. The average molecular weight is 723 g/mol. The van der Waals surface area contributed by atoms with Crippen molar-refractivity contribution in [3.63, 3.8) is 0 Å². The molecular formula is C41H50N2O6Si2. The zero-order valence-electron chi connectivity index (χ0n) is 30.6. The van der Waals surface area contributed by atoms with Crippen LogP contribution in [0.5, 0.6) is 0 Å². The molecule has 51 heavy (non-hydrogen) atoms. The Kier molecular flexibility index (Phi) is 13.9. The highest BCUT2D eigenvalue weighted by Crippen LogP contribution is 2.37. The molecule has 0 unspecified atom stereocenters. The molecule has 10 heteroatoms. The largest absolute Gasteiger partial charge is 0.500 e. The van der Waals surface area contributed by atoms with Crippen molar-refractivity contribution in [1.82, 2.24) is 4.98 Å². The molecule has 5 rings (SSSR count). The molecule has 4 aromatic carbocycles. The highest BCUT2D eigenvalue weighted by atomic mass is 28.4. The molecule has 0 atom stereocenters. The zero-order valence-corrected chi connectivity index (χ0v) is 32.6. The first-order valence-electron chi connectivity index (χ1n) is 17.3. The van der Waals surface area contributed by atoms with Gasteiger partial charge in [0.2, 0.25) is 0 Å². The van der Waals surface area contributed by atoms with Gasteiger partial charge in [0.25, 0.3) is 0 Å². The Balaban J connectivity index is 1.38. The van der Waals surface area contributed by atoms with Gasteiger partial charge in [0.05, 0.1) is 5.69 Å². The Morgan fingerprint density at radius 1 is 0.471 bits per heavy atom. The predicted octanol–water partition coefficient (Wildman–Crippen LogP) is 9.51. The van der Waals surface area contributed by atoms with Crippen molar-refractivity contribution in [3.05, 3.63) is 133 Å². The summed E-state index contributed by atoms with van der Waals surface area (Å²) in [5.41, 5.74) is 10.1. The first kappa shape index (κ1) is 38.3. The van der Waals surface area contributed by atoms with Crippen LogP contribution in [0.25, 0.3) is 22.4 Å². The number of hydrogen-bond acceptors (Lipinski definition) is 8. The Hall–Kier alpha value is -3.98. The van der Waals surface area contributed by atoms with Gasteiger partial charge >= 0.3 is 17.6 Å². The molecule has 8 nitrogen and oxygen atoms in total. The first-order valence-corrected chi connectivity index (χ1v) is 21.2. The van der Waals surface area contributed by atoms with Crippen LogP contribution in [-0.4, -0.2) is 65.3 Å². The molecule has 0 fully saturated rings. The fourth-order valence-electron chi connectivity index (χ4n) is 6.40. The van der Waals surface area contributed by atoms with Crippen molar-refractivity contribution >= 4 is 34.7 Å². The number of aromatic nitrogens is 1. The van der Waals surface area contributed by atoms with Crippen LogP contribution in [0.4, 0.5) is 17.1 Å². The maximum Gasteiger partial charge on any atom is 0.500 e.